The number of rotatable bonds is 5. The fourth-order valence-electron chi connectivity index (χ4n) is 4.21. The Hall–Kier alpha value is -3.97. The Balaban J connectivity index is 1.67. The maximum absolute atomic E-state index is 13.6. The van der Waals surface area contributed by atoms with Crippen LogP contribution in [-0.2, 0) is 4.79 Å². The Labute approximate surface area is 206 Å². The molecule has 7 heteroatoms. The van der Waals surface area contributed by atoms with Crippen LogP contribution in [-0.4, -0.2) is 10.5 Å². The normalized spacial score (nSPS) is 15.8. The molecule has 1 aliphatic rings. The number of anilines is 1. The molecule has 1 N–H and O–H groups in total. The monoisotopic (exact) mass is 483 g/mol. The molecule has 0 unspecified atom stereocenters. The van der Waals surface area contributed by atoms with E-state index in [1.165, 1.54) is 16.9 Å². The van der Waals surface area contributed by atoms with Gasteiger partial charge in [0.25, 0.3) is 11.5 Å². The average Bonchev–Trinajstić information content (AvgIpc) is 3.47. The first-order chi connectivity index (χ1) is 16.9. The third kappa shape index (κ3) is 4.42. The number of benzene rings is 2. The van der Waals surface area contributed by atoms with Gasteiger partial charge in [-0.25, -0.2) is 4.99 Å². The smallest absolute Gasteiger partial charge is 0.271 e. The van der Waals surface area contributed by atoms with Gasteiger partial charge in [0.1, 0.15) is 5.76 Å². The number of para-hydroxylation sites is 1. The highest BCUT2D eigenvalue weighted by Crippen LogP contribution is 2.31. The van der Waals surface area contributed by atoms with E-state index in [1.54, 1.807) is 29.0 Å². The first-order valence-corrected chi connectivity index (χ1v) is 12.3. The van der Waals surface area contributed by atoms with Crippen LogP contribution in [0.2, 0.25) is 0 Å². The molecule has 0 aliphatic carbocycles. The van der Waals surface area contributed by atoms with Crippen LogP contribution >= 0.6 is 11.3 Å². The Morgan fingerprint density at radius 1 is 1.09 bits per heavy atom. The van der Waals surface area contributed by atoms with Gasteiger partial charge in [0, 0.05) is 11.8 Å². The van der Waals surface area contributed by atoms with E-state index in [9.17, 15) is 9.59 Å². The second kappa shape index (κ2) is 9.35. The van der Waals surface area contributed by atoms with Gasteiger partial charge in [0.15, 0.2) is 4.80 Å². The van der Waals surface area contributed by atoms with E-state index in [2.05, 4.69) is 36.3 Å². The Kier molecular flexibility index (Phi) is 6.09. The van der Waals surface area contributed by atoms with Crippen LogP contribution in [0.25, 0.3) is 6.08 Å². The fraction of sp³-hybridized carbons (Fsp3) is 0.179. The lowest BCUT2D eigenvalue weighted by Gasteiger charge is -2.25. The van der Waals surface area contributed by atoms with Gasteiger partial charge in [0.2, 0.25) is 0 Å². The maximum Gasteiger partial charge on any atom is 0.271 e. The van der Waals surface area contributed by atoms with Gasteiger partial charge in [0.05, 0.1) is 28.1 Å². The van der Waals surface area contributed by atoms with Crippen molar-refractivity contribution in [3.8, 4) is 0 Å². The summed E-state index contributed by atoms with van der Waals surface area (Å²) in [6.45, 7) is 6.09. The predicted molar refractivity (Wildman–Crippen MR) is 138 cm³/mol. The molecular weight excluding hydrogens is 458 g/mol. The molecule has 0 saturated heterocycles. The predicted octanol–water partition coefficient (Wildman–Crippen LogP) is 4.59. The number of carbonyl (C=O) groups is 1. The molecule has 2 aromatic carbocycles. The first-order valence-electron chi connectivity index (χ1n) is 11.4. The molecule has 0 radical (unpaired) electrons. The summed E-state index contributed by atoms with van der Waals surface area (Å²) >= 11 is 1.29. The largest absolute Gasteiger partial charge is 0.465 e. The van der Waals surface area contributed by atoms with E-state index >= 15 is 0 Å². The van der Waals surface area contributed by atoms with Gasteiger partial charge in [-0.15, -0.1) is 0 Å². The number of hydrogen-bond donors (Lipinski definition) is 1. The van der Waals surface area contributed by atoms with Crippen molar-refractivity contribution in [2.75, 3.05) is 5.32 Å². The van der Waals surface area contributed by atoms with E-state index in [0.29, 0.717) is 38.0 Å². The van der Waals surface area contributed by atoms with Gasteiger partial charge >= 0.3 is 0 Å². The summed E-state index contributed by atoms with van der Waals surface area (Å²) in [6, 6.07) is 20.4. The number of amides is 1. The number of aromatic nitrogens is 1. The minimum atomic E-state index is -0.602. The minimum absolute atomic E-state index is 0.208. The molecule has 5 rings (SSSR count). The molecule has 0 saturated carbocycles. The van der Waals surface area contributed by atoms with Gasteiger partial charge in [-0.1, -0.05) is 67.6 Å². The van der Waals surface area contributed by atoms with Crippen LogP contribution in [0.4, 0.5) is 5.69 Å². The van der Waals surface area contributed by atoms with Gasteiger partial charge in [-0.05, 0) is 48.2 Å². The second-order valence-electron chi connectivity index (χ2n) is 8.74. The van der Waals surface area contributed by atoms with E-state index in [1.807, 2.05) is 49.4 Å². The molecule has 176 valence electrons. The molecule has 4 aromatic rings. The van der Waals surface area contributed by atoms with Gasteiger partial charge < -0.3 is 9.73 Å². The van der Waals surface area contributed by atoms with Crippen molar-refractivity contribution in [3.63, 3.8) is 0 Å². The topological polar surface area (TPSA) is 76.6 Å². The number of carbonyl (C=O) groups excluding carboxylic acids is 1. The third-order valence-electron chi connectivity index (χ3n) is 6.03. The molecule has 6 nitrogen and oxygen atoms in total. The molecule has 1 amide bonds. The lowest BCUT2D eigenvalue weighted by molar-refractivity contribution is -0.113. The van der Waals surface area contributed by atoms with Crippen LogP contribution in [0.3, 0.4) is 0 Å². The van der Waals surface area contributed by atoms with Crippen molar-refractivity contribution < 1.29 is 9.21 Å². The molecule has 2 aromatic heterocycles. The summed E-state index contributed by atoms with van der Waals surface area (Å²) < 4.78 is 7.54. The zero-order chi connectivity index (χ0) is 24.5. The van der Waals surface area contributed by atoms with Crippen molar-refractivity contribution in [1.29, 1.82) is 0 Å². The molecular formula is C28H25N3O3S. The van der Waals surface area contributed by atoms with Crippen LogP contribution in [0.5, 0.6) is 0 Å². The fourth-order valence-corrected chi connectivity index (χ4v) is 5.24. The zero-order valence-corrected chi connectivity index (χ0v) is 20.5. The SMILES string of the molecule is CC1=C(C(=O)Nc2ccccc2)[C@@H](c2ccc(C(C)C)cc2)n2c(s/c(=C/c3ccco3)c2=O)=N1. The Morgan fingerprint density at radius 3 is 2.49 bits per heavy atom. The summed E-state index contributed by atoms with van der Waals surface area (Å²) in [4.78, 5) is 32.4. The Bertz CT molecular complexity index is 1580. The molecule has 0 spiro atoms. The number of thiazole rings is 1. The van der Waals surface area contributed by atoms with Crippen LogP contribution in [0.1, 0.15) is 49.6 Å². The highest BCUT2D eigenvalue weighted by atomic mass is 32.1. The summed E-state index contributed by atoms with van der Waals surface area (Å²) in [7, 11) is 0. The van der Waals surface area contributed by atoms with E-state index < -0.39 is 6.04 Å². The van der Waals surface area contributed by atoms with E-state index in [0.717, 1.165) is 5.56 Å². The lowest BCUT2D eigenvalue weighted by atomic mass is 9.93. The molecule has 0 bridgehead atoms. The zero-order valence-electron chi connectivity index (χ0n) is 19.7. The number of allylic oxidation sites excluding steroid dienone is 1. The molecule has 1 atom stereocenters. The van der Waals surface area contributed by atoms with Crippen LogP contribution in [0.15, 0.2) is 98.5 Å². The quantitative estimate of drug-likeness (QED) is 0.451. The first kappa shape index (κ1) is 22.8. The highest BCUT2D eigenvalue weighted by molar-refractivity contribution is 7.07. The number of hydrogen-bond acceptors (Lipinski definition) is 5. The van der Waals surface area contributed by atoms with Crippen molar-refractivity contribution in [2.24, 2.45) is 4.99 Å². The van der Waals surface area contributed by atoms with E-state index in [-0.39, 0.29) is 11.5 Å². The molecule has 3 heterocycles. The summed E-state index contributed by atoms with van der Waals surface area (Å²) in [5.41, 5.74) is 3.55. The van der Waals surface area contributed by atoms with Crippen molar-refractivity contribution in [3.05, 3.63) is 121 Å². The van der Waals surface area contributed by atoms with Gasteiger partial charge in [-0.3, -0.25) is 14.2 Å². The number of furan rings is 1. The van der Waals surface area contributed by atoms with Crippen molar-refractivity contribution in [2.45, 2.75) is 32.7 Å². The molecule has 0 fully saturated rings. The number of fused-ring (bicyclic) bond motifs is 1. The third-order valence-corrected chi connectivity index (χ3v) is 7.02. The minimum Gasteiger partial charge on any atom is -0.465 e. The Morgan fingerprint density at radius 2 is 1.83 bits per heavy atom. The summed E-state index contributed by atoms with van der Waals surface area (Å²) in [5.74, 6) is 0.680. The number of nitrogens with zero attached hydrogens (tertiary/aromatic N) is 2. The summed E-state index contributed by atoms with van der Waals surface area (Å²) in [5, 5.41) is 2.97. The molecule has 35 heavy (non-hydrogen) atoms. The van der Waals surface area contributed by atoms with Crippen LogP contribution in [0, 0.1) is 0 Å². The van der Waals surface area contributed by atoms with Crippen molar-refractivity contribution in [1.82, 2.24) is 4.57 Å². The second-order valence-corrected chi connectivity index (χ2v) is 9.75. The standard InChI is InChI=1S/C28H25N3O3S/c1-17(2)19-11-13-20(14-12-19)25-24(26(32)30-21-8-5-4-6-9-21)18(3)29-28-31(25)27(33)23(35-28)16-22-10-7-15-34-22/h4-17,25H,1-3H3,(H,30,32)/b23-16+/t25-/m1/s1. The number of nitrogens with one attached hydrogen (secondary N) is 1. The summed E-state index contributed by atoms with van der Waals surface area (Å²) in [6.07, 6.45) is 3.28. The molecule has 1 aliphatic heterocycles. The maximum atomic E-state index is 13.6. The van der Waals surface area contributed by atoms with Gasteiger partial charge in [-0.2, -0.15) is 0 Å². The van der Waals surface area contributed by atoms with E-state index in [4.69, 9.17) is 4.42 Å². The highest BCUT2D eigenvalue weighted by Gasteiger charge is 2.32. The van der Waals surface area contributed by atoms with Crippen molar-refractivity contribution >= 4 is 29.0 Å². The lowest BCUT2D eigenvalue weighted by Crippen LogP contribution is -2.40. The van der Waals surface area contributed by atoms with Crippen LogP contribution < -0.4 is 20.2 Å². The average molecular weight is 484 g/mol.